The van der Waals surface area contributed by atoms with Gasteiger partial charge in [-0.2, -0.15) is 0 Å². The molecule has 1 heterocycles. The van der Waals surface area contributed by atoms with Crippen LogP contribution in [0.4, 0.5) is 0 Å². The normalized spacial score (nSPS) is 25.6. The van der Waals surface area contributed by atoms with Crippen molar-refractivity contribution in [2.24, 2.45) is 5.92 Å². The minimum Gasteiger partial charge on any atom is -0.481 e. The lowest BCUT2D eigenvalue weighted by Crippen LogP contribution is -2.47. The number of hydrogen-bond acceptors (Lipinski definition) is 3. The molecule has 2 N–H and O–H groups in total. The molecule has 1 aliphatic rings. The SMILES string of the molecule is C[C@H](N[C@H]1CCOC[C@@H]1C(=O)O)c1ccccc1. The molecule has 18 heavy (non-hydrogen) atoms. The fraction of sp³-hybridized carbons (Fsp3) is 0.500. The molecule has 1 fully saturated rings. The van der Waals surface area contributed by atoms with E-state index < -0.39 is 11.9 Å². The van der Waals surface area contributed by atoms with Gasteiger partial charge in [-0.1, -0.05) is 30.3 Å². The highest BCUT2D eigenvalue weighted by molar-refractivity contribution is 5.71. The van der Waals surface area contributed by atoms with E-state index in [1.807, 2.05) is 30.3 Å². The van der Waals surface area contributed by atoms with Crippen LogP contribution in [0.25, 0.3) is 0 Å². The monoisotopic (exact) mass is 249 g/mol. The number of carboxylic acid groups (broad SMARTS) is 1. The maximum atomic E-state index is 11.2. The molecule has 4 heteroatoms. The van der Waals surface area contributed by atoms with E-state index in [4.69, 9.17) is 4.74 Å². The van der Waals surface area contributed by atoms with Crippen molar-refractivity contribution in [3.63, 3.8) is 0 Å². The number of carbonyl (C=O) groups is 1. The van der Waals surface area contributed by atoms with Gasteiger partial charge in [0.25, 0.3) is 0 Å². The van der Waals surface area contributed by atoms with Crippen molar-refractivity contribution in [3.05, 3.63) is 35.9 Å². The average Bonchev–Trinajstić information content (AvgIpc) is 2.40. The molecule has 98 valence electrons. The summed E-state index contributed by atoms with van der Waals surface area (Å²) in [6.45, 7) is 2.99. The molecule has 0 spiro atoms. The molecule has 0 aromatic heterocycles. The second-order valence-electron chi connectivity index (χ2n) is 4.71. The molecule has 0 bridgehead atoms. The van der Waals surface area contributed by atoms with Crippen LogP contribution in [0.5, 0.6) is 0 Å². The number of aliphatic carboxylic acids is 1. The van der Waals surface area contributed by atoms with E-state index >= 15 is 0 Å². The largest absolute Gasteiger partial charge is 0.481 e. The van der Waals surface area contributed by atoms with Crippen molar-refractivity contribution in [1.82, 2.24) is 5.32 Å². The second kappa shape index (κ2) is 5.98. The minimum atomic E-state index is -0.785. The first kappa shape index (κ1) is 13.1. The highest BCUT2D eigenvalue weighted by Gasteiger charge is 2.32. The van der Waals surface area contributed by atoms with Crippen molar-refractivity contribution >= 4 is 5.97 Å². The number of hydrogen-bond donors (Lipinski definition) is 2. The van der Waals surface area contributed by atoms with Crippen LogP contribution in [0.1, 0.15) is 24.9 Å². The predicted molar refractivity (Wildman–Crippen MR) is 68.3 cm³/mol. The second-order valence-corrected chi connectivity index (χ2v) is 4.71. The molecule has 3 atom stereocenters. The third kappa shape index (κ3) is 3.09. The summed E-state index contributed by atoms with van der Waals surface area (Å²) in [7, 11) is 0. The van der Waals surface area contributed by atoms with Gasteiger partial charge in [0.15, 0.2) is 0 Å². The van der Waals surface area contributed by atoms with Gasteiger partial charge >= 0.3 is 5.97 Å². The van der Waals surface area contributed by atoms with Gasteiger partial charge in [-0.15, -0.1) is 0 Å². The van der Waals surface area contributed by atoms with E-state index in [2.05, 4.69) is 12.2 Å². The third-order valence-corrected chi connectivity index (χ3v) is 3.44. The molecule has 0 amide bonds. The van der Waals surface area contributed by atoms with Crippen LogP contribution in [-0.2, 0) is 9.53 Å². The van der Waals surface area contributed by atoms with Crippen molar-refractivity contribution in [3.8, 4) is 0 Å². The zero-order chi connectivity index (χ0) is 13.0. The number of ether oxygens (including phenoxy) is 1. The summed E-state index contributed by atoms with van der Waals surface area (Å²) in [5, 5.41) is 12.6. The Morgan fingerprint density at radius 2 is 2.17 bits per heavy atom. The third-order valence-electron chi connectivity index (χ3n) is 3.44. The summed E-state index contributed by atoms with van der Waals surface area (Å²) in [4.78, 5) is 11.2. The predicted octanol–water partition coefficient (Wildman–Crippen LogP) is 1.83. The molecule has 1 aromatic rings. The molecule has 0 saturated carbocycles. The van der Waals surface area contributed by atoms with E-state index in [0.29, 0.717) is 13.2 Å². The first-order valence-electron chi connectivity index (χ1n) is 6.30. The van der Waals surface area contributed by atoms with Gasteiger partial charge < -0.3 is 15.2 Å². The van der Waals surface area contributed by atoms with Crippen molar-refractivity contribution in [2.45, 2.75) is 25.4 Å². The lowest BCUT2D eigenvalue weighted by atomic mass is 9.94. The van der Waals surface area contributed by atoms with Crippen LogP contribution in [0, 0.1) is 5.92 Å². The van der Waals surface area contributed by atoms with Crippen LogP contribution in [0.15, 0.2) is 30.3 Å². The van der Waals surface area contributed by atoms with E-state index in [1.54, 1.807) is 0 Å². The van der Waals surface area contributed by atoms with Crippen LogP contribution in [0.2, 0.25) is 0 Å². The Morgan fingerprint density at radius 1 is 1.44 bits per heavy atom. The van der Waals surface area contributed by atoms with Gasteiger partial charge in [0, 0.05) is 18.7 Å². The number of carboxylic acids is 1. The zero-order valence-electron chi connectivity index (χ0n) is 10.5. The number of benzene rings is 1. The Labute approximate surface area is 107 Å². The molecular formula is C14H19NO3. The van der Waals surface area contributed by atoms with Crippen molar-refractivity contribution < 1.29 is 14.6 Å². The Morgan fingerprint density at radius 3 is 2.83 bits per heavy atom. The lowest BCUT2D eigenvalue weighted by Gasteiger charge is -2.32. The van der Waals surface area contributed by atoms with E-state index in [9.17, 15) is 9.90 Å². The number of nitrogens with one attached hydrogen (secondary N) is 1. The lowest BCUT2D eigenvalue weighted by molar-refractivity contribution is -0.147. The van der Waals surface area contributed by atoms with Gasteiger partial charge in [0.2, 0.25) is 0 Å². The fourth-order valence-electron chi connectivity index (χ4n) is 2.34. The molecule has 1 saturated heterocycles. The molecule has 0 radical (unpaired) electrons. The zero-order valence-corrected chi connectivity index (χ0v) is 10.5. The van der Waals surface area contributed by atoms with Crippen LogP contribution in [0.3, 0.4) is 0 Å². The van der Waals surface area contributed by atoms with Crippen LogP contribution >= 0.6 is 0 Å². The van der Waals surface area contributed by atoms with E-state index in [0.717, 1.165) is 6.42 Å². The van der Waals surface area contributed by atoms with Gasteiger partial charge in [-0.3, -0.25) is 4.79 Å². The molecule has 1 aromatic carbocycles. The molecule has 2 rings (SSSR count). The Balaban J connectivity index is 2.01. The molecule has 0 unspecified atom stereocenters. The summed E-state index contributed by atoms with van der Waals surface area (Å²) in [5.74, 6) is -1.24. The Hall–Kier alpha value is -1.39. The van der Waals surface area contributed by atoms with Gasteiger partial charge in [-0.25, -0.2) is 0 Å². The van der Waals surface area contributed by atoms with Crippen molar-refractivity contribution in [2.75, 3.05) is 13.2 Å². The summed E-state index contributed by atoms with van der Waals surface area (Å²) in [6, 6.07) is 10.2. The highest BCUT2D eigenvalue weighted by Crippen LogP contribution is 2.20. The topological polar surface area (TPSA) is 58.6 Å². The molecule has 1 aliphatic heterocycles. The highest BCUT2D eigenvalue weighted by atomic mass is 16.5. The Bertz CT molecular complexity index is 393. The van der Waals surface area contributed by atoms with Gasteiger partial charge in [-0.05, 0) is 18.9 Å². The molecule has 0 aliphatic carbocycles. The minimum absolute atomic E-state index is 0.0218. The standard InChI is InChI=1S/C14H19NO3/c1-10(11-5-3-2-4-6-11)15-13-7-8-18-9-12(13)14(16)17/h2-6,10,12-13,15H,7-9H2,1H3,(H,16,17)/t10-,12-,13-/m0/s1. The van der Waals surface area contributed by atoms with Crippen molar-refractivity contribution in [1.29, 1.82) is 0 Å². The smallest absolute Gasteiger partial charge is 0.310 e. The summed E-state index contributed by atoms with van der Waals surface area (Å²) in [6.07, 6.45) is 0.744. The summed E-state index contributed by atoms with van der Waals surface area (Å²) >= 11 is 0. The first-order chi connectivity index (χ1) is 8.68. The molecular weight excluding hydrogens is 230 g/mol. The summed E-state index contributed by atoms with van der Waals surface area (Å²) in [5.41, 5.74) is 1.17. The van der Waals surface area contributed by atoms with Crippen LogP contribution in [-0.4, -0.2) is 30.3 Å². The van der Waals surface area contributed by atoms with Crippen LogP contribution < -0.4 is 5.32 Å². The van der Waals surface area contributed by atoms with E-state index in [1.165, 1.54) is 5.56 Å². The van der Waals surface area contributed by atoms with E-state index in [-0.39, 0.29) is 12.1 Å². The average molecular weight is 249 g/mol. The number of rotatable bonds is 4. The summed E-state index contributed by atoms with van der Waals surface area (Å²) < 4.78 is 5.24. The fourth-order valence-corrected chi connectivity index (χ4v) is 2.34. The van der Waals surface area contributed by atoms with Gasteiger partial charge in [0.1, 0.15) is 0 Å². The molecule has 4 nitrogen and oxygen atoms in total. The Kier molecular flexibility index (Phi) is 4.33. The first-order valence-corrected chi connectivity index (χ1v) is 6.30. The quantitative estimate of drug-likeness (QED) is 0.854. The maximum absolute atomic E-state index is 11.2. The van der Waals surface area contributed by atoms with Gasteiger partial charge in [0.05, 0.1) is 12.5 Å². The maximum Gasteiger partial charge on any atom is 0.310 e.